The van der Waals surface area contributed by atoms with Gasteiger partial charge in [-0.25, -0.2) is 5.43 Å². The fourth-order valence-corrected chi connectivity index (χ4v) is 2.08. The minimum Gasteiger partial charge on any atom is -0.484 e. The second-order valence-corrected chi connectivity index (χ2v) is 5.45. The molecule has 0 heterocycles. The van der Waals surface area contributed by atoms with E-state index in [0.717, 1.165) is 11.3 Å². The van der Waals surface area contributed by atoms with Gasteiger partial charge in [-0.15, -0.1) is 0 Å². The molecule has 7 heteroatoms. The van der Waals surface area contributed by atoms with E-state index in [2.05, 4.69) is 10.5 Å². The van der Waals surface area contributed by atoms with Gasteiger partial charge >= 0.3 is 0 Å². The van der Waals surface area contributed by atoms with E-state index in [1.807, 2.05) is 42.3 Å². The van der Waals surface area contributed by atoms with Crippen LogP contribution in [0.2, 0.25) is 0 Å². The number of benzene rings is 2. The molecule has 0 radical (unpaired) electrons. The van der Waals surface area contributed by atoms with E-state index in [1.54, 1.807) is 24.3 Å². The van der Waals surface area contributed by atoms with Crippen molar-refractivity contribution in [3.8, 4) is 11.8 Å². The van der Waals surface area contributed by atoms with Crippen LogP contribution in [0.5, 0.6) is 5.75 Å². The molecule has 0 saturated heterocycles. The number of hydrogen-bond acceptors (Lipinski definition) is 6. The monoisotopic (exact) mass is 352 g/mol. The summed E-state index contributed by atoms with van der Waals surface area (Å²) in [5, 5.41) is 21.5. The summed E-state index contributed by atoms with van der Waals surface area (Å²) in [6, 6.07) is 16.1. The zero-order valence-electron chi connectivity index (χ0n) is 14.4. The Labute approximate surface area is 152 Å². The van der Waals surface area contributed by atoms with Crippen molar-refractivity contribution in [1.82, 2.24) is 5.43 Å². The van der Waals surface area contributed by atoms with Crippen LogP contribution >= 0.6 is 0 Å². The van der Waals surface area contributed by atoms with Crippen LogP contribution in [0.15, 0.2) is 53.6 Å². The molecule has 0 fully saturated rings. The van der Waals surface area contributed by atoms with E-state index in [-0.39, 0.29) is 19.1 Å². The SMILES string of the molecule is CN(CCO)c1ccc(/C=N\NC(=O)COc2ccc(C#N)cc2)cc1. The van der Waals surface area contributed by atoms with Gasteiger partial charge in [0.05, 0.1) is 24.5 Å². The highest BCUT2D eigenvalue weighted by molar-refractivity contribution is 5.83. The zero-order valence-corrected chi connectivity index (χ0v) is 14.4. The summed E-state index contributed by atoms with van der Waals surface area (Å²) in [6.45, 7) is 0.479. The molecular weight excluding hydrogens is 332 g/mol. The van der Waals surface area contributed by atoms with Crippen LogP contribution in [0, 0.1) is 11.3 Å². The number of aliphatic hydroxyl groups is 1. The van der Waals surface area contributed by atoms with Crippen molar-refractivity contribution in [3.05, 3.63) is 59.7 Å². The number of carbonyl (C=O) groups excluding carboxylic acids is 1. The van der Waals surface area contributed by atoms with Crippen LogP contribution in [0.25, 0.3) is 0 Å². The lowest BCUT2D eigenvalue weighted by atomic mass is 10.2. The van der Waals surface area contributed by atoms with Crippen molar-refractivity contribution in [1.29, 1.82) is 5.26 Å². The summed E-state index contributed by atoms with van der Waals surface area (Å²) in [4.78, 5) is 13.6. The zero-order chi connectivity index (χ0) is 18.8. The molecule has 7 nitrogen and oxygen atoms in total. The van der Waals surface area contributed by atoms with Crippen LogP contribution in [0.1, 0.15) is 11.1 Å². The van der Waals surface area contributed by atoms with Crippen molar-refractivity contribution in [2.24, 2.45) is 5.10 Å². The first kappa shape index (κ1) is 19.0. The molecule has 0 saturated carbocycles. The van der Waals surface area contributed by atoms with E-state index in [9.17, 15) is 4.79 Å². The smallest absolute Gasteiger partial charge is 0.277 e. The van der Waals surface area contributed by atoms with Gasteiger partial charge in [0.25, 0.3) is 5.91 Å². The highest BCUT2D eigenvalue weighted by Gasteiger charge is 2.02. The van der Waals surface area contributed by atoms with E-state index in [0.29, 0.717) is 17.9 Å². The Bertz CT molecular complexity index is 780. The highest BCUT2D eigenvalue weighted by Crippen LogP contribution is 2.12. The molecule has 0 aliphatic heterocycles. The lowest BCUT2D eigenvalue weighted by Gasteiger charge is -2.17. The minimum absolute atomic E-state index is 0.0935. The van der Waals surface area contributed by atoms with Crippen molar-refractivity contribution in [3.63, 3.8) is 0 Å². The Morgan fingerprint density at radius 3 is 2.58 bits per heavy atom. The number of nitriles is 1. The molecule has 0 bridgehead atoms. The first-order valence-corrected chi connectivity index (χ1v) is 7.99. The second-order valence-electron chi connectivity index (χ2n) is 5.45. The number of ether oxygens (including phenoxy) is 1. The lowest BCUT2D eigenvalue weighted by molar-refractivity contribution is -0.123. The molecule has 0 spiro atoms. The normalized spacial score (nSPS) is 10.3. The first-order valence-electron chi connectivity index (χ1n) is 7.99. The van der Waals surface area contributed by atoms with Gasteiger partial charge in [-0.2, -0.15) is 10.4 Å². The van der Waals surface area contributed by atoms with Gasteiger partial charge in [-0.3, -0.25) is 4.79 Å². The quantitative estimate of drug-likeness (QED) is 0.554. The fraction of sp³-hybridized carbons (Fsp3) is 0.211. The number of hydrazone groups is 1. The largest absolute Gasteiger partial charge is 0.484 e. The molecule has 2 aromatic rings. The number of rotatable bonds is 8. The van der Waals surface area contributed by atoms with Crippen molar-refractivity contribution in [2.75, 3.05) is 31.7 Å². The maximum Gasteiger partial charge on any atom is 0.277 e. The average Bonchev–Trinajstić information content (AvgIpc) is 2.67. The van der Waals surface area contributed by atoms with Gasteiger partial charge in [0, 0.05) is 19.3 Å². The Morgan fingerprint density at radius 2 is 1.96 bits per heavy atom. The van der Waals surface area contributed by atoms with Crippen molar-refractivity contribution >= 4 is 17.8 Å². The Morgan fingerprint density at radius 1 is 1.27 bits per heavy atom. The molecule has 0 atom stereocenters. The van der Waals surface area contributed by atoms with E-state index < -0.39 is 0 Å². The Kier molecular flexibility index (Phi) is 7.16. The summed E-state index contributed by atoms with van der Waals surface area (Å²) in [6.07, 6.45) is 1.54. The molecule has 0 aliphatic rings. The standard InChI is InChI=1S/C19H20N4O3/c1-23(10-11-24)17-6-2-16(3-7-17)13-21-22-19(25)14-26-18-8-4-15(12-20)5-9-18/h2-9,13,24H,10-11,14H2,1H3,(H,22,25)/b21-13-. The summed E-state index contributed by atoms with van der Waals surface area (Å²) in [5.41, 5.74) is 4.73. The van der Waals surface area contributed by atoms with E-state index in [4.69, 9.17) is 15.1 Å². The topological polar surface area (TPSA) is 98.0 Å². The van der Waals surface area contributed by atoms with Crippen LogP contribution < -0.4 is 15.1 Å². The van der Waals surface area contributed by atoms with Gasteiger partial charge in [0.1, 0.15) is 5.75 Å². The summed E-state index contributed by atoms with van der Waals surface area (Å²) >= 11 is 0. The van der Waals surface area contributed by atoms with Gasteiger partial charge in [-0.05, 0) is 42.0 Å². The summed E-state index contributed by atoms with van der Waals surface area (Å²) in [5.74, 6) is 0.121. The van der Waals surface area contributed by atoms with Gasteiger partial charge < -0.3 is 14.7 Å². The number of aliphatic hydroxyl groups excluding tert-OH is 1. The molecule has 2 aromatic carbocycles. The third kappa shape index (κ3) is 5.92. The lowest BCUT2D eigenvalue weighted by Crippen LogP contribution is -2.24. The minimum atomic E-state index is -0.384. The van der Waals surface area contributed by atoms with Gasteiger partial charge in [0.15, 0.2) is 6.61 Å². The number of carbonyl (C=O) groups is 1. The van der Waals surface area contributed by atoms with Crippen LogP contribution in [-0.2, 0) is 4.79 Å². The summed E-state index contributed by atoms with van der Waals surface area (Å²) in [7, 11) is 1.90. The number of anilines is 1. The van der Waals surface area contributed by atoms with Crippen LogP contribution in [0.3, 0.4) is 0 Å². The van der Waals surface area contributed by atoms with E-state index >= 15 is 0 Å². The number of amides is 1. The third-order valence-corrected chi connectivity index (χ3v) is 3.53. The maximum absolute atomic E-state index is 11.7. The highest BCUT2D eigenvalue weighted by atomic mass is 16.5. The van der Waals surface area contributed by atoms with E-state index in [1.165, 1.54) is 6.21 Å². The third-order valence-electron chi connectivity index (χ3n) is 3.53. The summed E-state index contributed by atoms with van der Waals surface area (Å²) < 4.78 is 5.31. The molecule has 0 unspecified atom stereocenters. The van der Waals surface area contributed by atoms with Crippen LogP contribution in [0.4, 0.5) is 5.69 Å². The molecule has 0 aliphatic carbocycles. The molecule has 2 N–H and O–H groups in total. The van der Waals surface area contributed by atoms with Crippen LogP contribution in [-0.4, -0.2) is 44.0 Å². The molecular formula is C19H20N4O3. The molecule has 26 heavy (non-hydrogen) atoms. The fourth-order valence-electron chi connectivity index (χ4n) is 2.08. The molecule has 2 rings (SSSR count). The predicted molar refractivity (Wildman–Crippen MR) is 99.2 cm³/mol. The van der Waals surface area contributed by atoms with Gasteiger partial charge in [0.2, 0.25) is 0 Å². The number of hydrogen-bond donors (Lipinski definition) is 2. The number of likely N-dealkylation sites (N-methyl/N-ethyl adjacent to an activating group) is 1. The maximum atomic E-state index is 11.7. The number of nitrogens with one attached hydrogen (secondary N) is 1. The second kappa shape index (κ2) is 9.81. The average molecular weight is 352 g/mol. The van der Waals surface area contributed by atoms with Gasteiger partial charge in [-0.1, -0.05) is 12.1 Å². The molecule has 1 amide bonds. The number of nitrogens with zero attached hydrogens (tertiary/aromatic N) is 3. The Balaban J connectivity index is 1.78. The molecule has 134 valence electrons. The molecule has 0 aromatic heterocycles. The van der Waals surface area contributed by atoms with Crippen molar-refractivity contribution in [2.45, 2.75) is 0 Å². The predicted octanol–water partition coefficient (Wildman–Crippen LogP) is 1.52. The first-order chi connectivity index (χ1) is 12.6. The Hall–Kier alpha value is -3.37. The van der Waals surface area contributed by atoms with Crippen molar-refractivity contribution < 1.29 is 14.6 Å².